The van der Waals surface area contributed by atoms with E-state index in [0.717, 1.165) is 23.2 Å². The van der Waals surface area contributed by atoms with Gasteiger partial charge in [-0.05, 0) is 49.7 Å². The van der Waals surface area contributed by atoms with E-state index in [9.17, 15) is 13.2 Å². The minimum absolute atomic E-state index is 0.181. The molecule has 3 rings (SSSR count). The van der Waals surface area contributed by atoms with Crippen molar-refractivity contribution in [2.75, 3.05) is 18.5 Å². The summed E-state index contributed by atoms with van der Waals surface area (Å²) in [6.07, 6.45) is 0.841. The number of nitrogens with one attached hydrogen (secondary N) is 2. The van der Waals surface area contributed by atoms with Crippen LogP contribution in [0, 0.1) is 0 Å². The molecule has 2 N–H and O–H groups in total. The predicted octanol–water partition coefficient (Wildman–Crippen LogP) is 2.43. The molecule has 1 unspecified atom stereocenters. The zero-order valence-electron chi connectivity index (χ0n) is 14.2. The van der Waals surface area contributed by atoms with Gasteiger partial charge in [-0.1, -0.05) is 30.3 Å². The number of rotatable bonds is 4. The maximum Gasteiger partial charge on any atom is 0.322 e. The first-order valence-electron chi connectivity index (χ1n) is 8.12. The Morgan fingerprint density at radius 2 is 1.92 bits per heavy atom. The van der Waals surface area contributed by atoms with Gasteiger partial charge in [0.05, 0.1) is 10.9 Å². The van der Waals surface area contributed by atoms with Crippen LogP contribution in [-0.2, 0) is 16.4 Å². The molecule has 0 radical (unpaired) electrons. The Bertz CT molecular complexity index is 896. The highest BCUT2D eigenvalue weighted by atomic mass is 32.2. The molecule has 2 amide bonds. The molecule has 0 bridgehead atoms. The average molecular weight is 359 g/mol. The fourth-order valence-corrected chi connectivity index (χ4v) is 3.75. The summed E-state index contributed by atoms with van der Waals surface area (Å²) in [5.74, 6) is 0. The second-order valence-corrected chi connectivity index (χ2v) is 7.87. The fraction of sp³-hybridized carbons (Fsp3) is 0.278. The topological polar surface area (TPSA) is 78.5 Å². The van der Waals surface area contributed by atoms with Crippen molar-refractivity contribution in [3.8, 4) is 0 Å². The van der Waals surface area contributed by atoms with Crippen LogP contribution in [0.1, 0.15) is 24.1 Å². The van der Waals surface area contributed by atoms with Gasteiger partial charge in [-0.15, -0.1) is 0 Å². The number of carbonyl (C=O) groups is 1. The van der Waals surface area contributed by atoms with Gasteiger partial charge < -0.3 is 5.32 Å². The lowest BCUT2D eigenvalue weighted by Crippen LogP contribution is -2.40. The molecule has 25 heavy (non-hydrogen) atoms. The number of hydrogen-bond donors (Lipinski definition) is 2. The minimum atomic E-state index is -3.51. The molecule has 2 aromatic rings. The maximum atomic E-state index is 12.6. The highest BCUT2D eigenvalue weighted by molar-refractivity contribution is 7.89. The van der Waals surface area contributed by atoms with Gasteiger partial charge in [-0.25, -0.2) is 17.9 Å². The van der Waals surface area contributed by atoms with Gasteiger partial charge >= 0.3 is 6.03 Å². The molecular weight excluding hydrogens is 338 g/mol. The Kier molecular flexibility index (Phi) is 4.78. The van der Waals surface area contributed by atoms with E-state index in [0.29, 0.717) is 6.54 Å². The third-order valence-electron chi connectivity index (χ3n) is 4.41. The van der Waals surface area contributed by atoms with E-state index in [4.69, 9.17) is 0 Å². The number of amides is 2. The molecule has 1 aliphatic heterocycles. The maximum absolute atomic E-state index is 12.6. The second kappa shape index (κ2) is 6.85. The molecule has 0 aliphatic carbocycles. The first kappa shape index (κ1) is 17.4. The molecule has 0 spiro atoms. The number of hydrogen-bond acceptors (Lipinski definition) is 3. The van der Waals surface area contributed by atoms with Crippen LogP contribution in [-0.4, -0.2) is 28.0 Å². The van der Waals surface area contributed by atoms with Gasteiger partial charge in [0.2, 0.25) is 10.0 Å². The molecule has 1 atom stereocenters. The van der Waals surface area contributed by atoms with Crippen LogP contribution in [0.2, 0.25) is 0 Å². The van der Waals surface area contributed by atoms with Crippen molar-refractivity contribution < 1.29 is 13.2 Å². The standard InChI is InChI=1S/C18H21N3O3S/c1-13(15-7-5-8-16(12-15)25(23,24)19-2)20-18(22)21-11-10-14-6-3-4-9-17(14)21/h3-9,12-13,19H,10-11H2,1-2H3,(H,20,22). The molecule has 0 saturated heterocycles. The number of anilines is 1. The van der Waals surface area contributed by atoms with Crippen molar-refractivity contribution in [3.63, 3.8) is 0 Å². The fourth-order valence-electron chi connectivity index (χ4n) is 2.96. The number of nitrogens with zero attached hydrogens (tertiary/aromatic N) is 1. The van der Waals surface area contributed by atoms with Crippen molar-refractivity contribution in [1.82, 2.24) is 10.0 Å². The van der Waals surface area contributed by atoms with Crippen molar-refractivity contribution in [2.24, 2.45) is 0 Å². The number of sulfonamides is 1. The number of benzene rings is 2. The summed E-state index contributed by atoms with van der Waals surface area (Å²) in [6.45, 7) is 2.48. The number of fused-ring (bicyclic) bond motifs is 1. The molecule has 0 fully saturated rings. The van der Waals surface area contributed by atoms with Crippen LogP contribution in [0.15, 0.2) is 53.4 Å². The number of urea groups is 1. The molecule has 1 aliphatic rings. The molecule has 0 saturated carbocycles. The molecule has 1 heterocycles. The third-order valence-corrected chi connectivity index (χ3v) is 5.82. The lowest BCUT2D eigenvalue weighted by atomic mass is 10.1. The minimum Gasteiger partial charge on any atom is -0.331 e. The van der Waals surface area contributed by atoms with Crippen LogP contribution in [0.4, 0.5) is 10.5 Å². The zero-order chi connectivity index (χ0) is 18.0. The monoisotopic (exact) mass is 359 g/mol. The smallest absolute Gasteiger partial charge is 0.322 e. The van der Waals surface area contributed by atoms with Crippen LogP contribution >= 0.6 is 0 Å². The lowest BCUT2D eigenvalue weighted by Gasteiger charge is -2.22. The van der Waals surface area contributed by atoms with Crippen LogP contribution in [0.25, 0.3) is 0 Å². The quantitative estimate of drug-likeness (QED) is 0.880. The third kappa shape index (κ3) is 3.52. The number of para-hydroxylation sites is 1. The van der Waals surface area contributed by atoms with E-state index < -0.39 is 10.0 Å². The van der Waals surface area contributed by atoms with Crippen molar-refractivity contribution in [3.05, 3.63) is 59.7 Å². The molecule has 2 aromatic carbocycles. The van der Waals surface area contributed by atoms with Crippen LogP contribution < -0.4 is 14.9 Å². The first-order valence-corrected chi connectivity index (χ1v) is 9.60. The van der Waals surface area contributed by atoms with Gasteiger partial charge in [-0.3, -0.25) is 4.90 Å². The summed E-state index contributed by atoms with van der Waals surface area (Å²) in [4.78, 5) is 14.5. The van der Waals surface area contributed by atoms with E-state index >= 15 is 0 Å². The summed E-state index contributed by atoms with van der Waals surface area (Å²) in [6, 6.07) is 13.9. The molecular formula is C18H21N3O3S. The van der Waals surface area contributed by atoms with E-state index in [1.165, 1.54) is 13.1 Å². The first-order chi connectivity index (χ1) is 11.9. The predicted molar refractivity (Wildman–Crippen MR) is 97.1 cm³/mol. The summed E-state index contributed by atoms with van der Waals surface area (Å²) in [5, 5.41) is 2.95. The van der Waals surface area contributed by atoms with E-state index in [-0.39, 0.29) is 17.0 Å². The Morgan fingerprint density at radius 3 is 2.68 bits per heavy atom. The Morgan fingerprint density at radius 1 is 1.16 bits per heavy atom. The lowest BCUT2D eigenvalue weighted by molar-refractivity contribution is 0.244. The highest BCUT2D eigenvalue weighted by Gasteiger charge is 2.25. The summed E-state index contributed by atoms with van der Waals surface area (Å²) < 4.78 is 26.2. The van der Waals surface area contributed by atoms with Crippen LogP contribution in [0.5, 0.6) is 0 Å². The Hall–Kier alpha value is -2.38. The molecule has 132 valence electrons. The van der Waals surface area contributed by atoms with E-state index in [1.54, 1.807) is 23.1 Å². The molecule has 7 heteroatoms. The van der Waals surface area contributed by atoms with Crippen molar-refractivity contribution >= 4 is 21.7 Å². The second-order valence-electron chi connectivity index (χ2n) is 5.98. The number of carbonyl (C=O) groups excluding carboxylic acids is 1. The van der Waals surface area contributed by atoms with Gasteiger partial charge in [0.1, 0.15) is 0 Å². The van der Waals surface area contributed by atoms with Gasteiger partial charge in [-0.2, -0.15) is 0 Å². The normalized spacial score (nSPS) is 14.9. The largest absolute Gasteiger partial charge is 0.331 e. The van der Waals surface area contributed by atoms with Gasteiger partial charge in [0.25, 0.3) is 0 Å². The van der Waals surface area contributed by atoms with Crippen molar-refractivity contribution in [1.29, 1.82) is 0 Å². The average Bonchev–Trinajstić information content (AvgIpc) is 3.06. The van der Waals surface area contributed by atoms with E-state index in [1.807, 2.05) is 31.2 Å². The molecule has 6 nitrogen and oxygen atoms in total. The summed E-state index contributed by atoms with van der Waals surface area (Å²) >= 11 is 0. The Balaban J connectivity index is 1.76. The van der Waals surface area contributed by atoms with E-state index in [2.05, 4.69) is 10.0 Å². The van der Waals surface area contributed by atoms with Crippen molar-refractivity contribution in [2.45, 2.75) is 24.3 Å². The zero-order valence-corrected chi connectivity index (χ0v) is 15.0. The summed E-state index contributed by atoms with van der Waals surface area (Å²) in [7, 11) is -2.14. The Labute approximate surface area is 147 Å². The van der Waals surface area contributed by atoms with Crippen LogP contribution in [0.3, 0.4) is 0 Å². The van der Waals surface area contributed by atoms with Gasteiger partial charge in [0.15, 0.2) is 0 Å². The van der Waals surface area contributed by atoms with Gasteiger partial charge in [0, 0.05) is 12.2 Å². The highest BCUT2D eigenvalue weighted by Crippen LogP contribution is 2.28. The summed E-state index contributed by atoms with van der Waals surface area (Å²) in [5.41, 5.74) is 2.82. The molecule has 0 aromatic heterocycles. The SMILES string of the molecule is CNS(=O)(=O)c1cccc(C(C)NC(=O)N2CCc3ccccc32)c1.